The van der Waals surface area contributed by atoms with Gasteiger partial charge in [0, 0.05) is 38.6 Å². The molecule has 0 unspecified atom stereocenters. The van der Waals surface area contributed by atoms with Gasteiger partial charge in [-0.3, -0.25) is 9.59 Å². The van der Waals surface area contributed by atoms with E-state index in [1.165, 1.54) is 25.7 Å². The van der Waals surface area contributed by atoms with Crippen molar-refractivity contribution in [2.45, 2.75) is 57.4 Å². The number of carbonyl (C=O) groups is 1. The second-order valence-electron chi connectivity index (χ2n) is 8.41. The second-order valence-corrected chi connectivity index (χ2v) is 8.41. The maximum Gasteiger partial charge on any atom is 0.256 e. The Bertz CT molecular complexity index is 945. The van der Waals surface area contributed by atoms with Crippen LogP contribution in [0.1, 0.15) is 67.8 Å². The molecule has 2 fully saturated rings. The third-order valence-corrected chi connectivity index (χ3v) is 6.37. The van der Waals surface area contributed by atoms with Gasteiger partial charge in [0.05, 0.1) is 5.39 Å². The molecule has 0 aromatic carbocycles. The Hall–Kier alpha value is -2.48. The normalized spacial score (nSPS) is 18.4. The van der Waals surface area contributed by atoms with Crippen LogP contribution in [0.25, 0.3) is 11.0 Å². The molecular weight excluding hydrogens is 380 g/mol. The average Bonchev–Trinajstić information content (AvgIpc) is 2.80. The molecule has 0 spiro atoms. The van der Waals surface area contributed by atoms with Crippen LogP contribution in [-0.4, -0.2) is 58.6 Å². The Balaban J connectivity index is 1.63. The van der Waals surface area contributed by atoms with Crippen LogP contribution in [0.4, 0.5) is 5.95 Å². The van der Waals surface area contributed by atoms with E-state index in [0.717, 1.165) is 51.9 Å². The molecular formula is C22H32N6O2. The molecule has 2 N–H and O–H groups in total. The van der Waals surface area contributed by atoms with Gasteiger partial charge < -0.3 is 20.1 Å². The van der Waals surface area contributed by atoms with Gasteiger partial charge in [0.1, 0.15) is 11.2 Å². The van der Waals surface area contributed by atoms with Gasteiger partial charge in [-0.1, -0.05) is 25.7 Å². The van der Waals surface area contributed by atoms with Gasteiger partial charge >= 0.3 is 0 Å². The highest BCUT2D eigenvalue weighted by atomic mass is 16.2. The number of nitrogens with one attached hydrogen (secondary N) is 2. The molecule has 30 heavy (non-hydrogen) atoms. The molecule has 0 radical (unpaired) electrons. The van der Waals surface area contributed by atoms with Crippen LogP contribution < -0.4 is 16.1 Å². The number of pyridine rings is 1. The average molecular weight is 413 g/mol. The van der Waals surface area contributed by atoms with Crippen molar-refractivity contribution in [1.29, 1.82) is 0 Å². The SMILES string of the molecule is CNC(=O)c1cn(C2CCCCC2)c2nc(NCCN3CCCCC3)ncc2c1=O. The van der Waals surface area contributed by atoms with Crippen LogP contribution in [-0.2, 0) is 0 Å². The van der Waals surface area contributed by atoms with Crippen molar-refractivity contribution in [2.24, 2.45) is 0 Å². The molecule has 0 atom stereocenters. The van der Waals surface area contributed by atoms with Crippen molar-refractivity contribution in [3.8, 4) is 0 Å². The van der Waals surface area contributed by atoms with Gasteiger partial charge in [-0.05, 0) is 38.8 Å². The third-order valence-electron chi connectivity index (χ3n) is 6.37. The summed E-state index contributed by atoms with van der Waals surface area (Å²) in [5.41, 5.74) is 0.469. The van der Waals surface area contributed by atoms with E-state index in [2.05, 4.69) is 20.5 Å². The highest BCUT2D eigenvalue weighted by molar-refractivity contribution is 5.96. The molecule has 4 rings (SSSR count). The minimum Gasteiger partial charge on any atom is -0.355 e. The van der Waals surface area contributed by atoms with Crippen molar-refractivity contribution in [1.82, 2.24) is 24.8 Å². The summed E-state index contributed by atoms with van der Waals surface area (Å²) in [6, 6.07) is 0.251. The van der Waals surface area contributed by atoms with Gasteiger partial charge in [-0.25, -0.2) is 4.98 Å². The van der Waals surface area contributed by atoms with E-state index in [4.69, 9.17) is 4.98 Å². The maximum atomic E-state index is 12.9. The van der Waals surface area contributed by atoms with Crippen molar-refractivity contribution in [3.63, 3.8) is 0 Å². The minimum absolute atomic E-state index is 0.157. The predicted molar refractivity (Wildman–Crippen MR) is 118 cm³/mol. The third kappa shape index (κ3) is 4.48. The Morgan fingerprint density at radius 2 is 1.87 bits per heavy atom. The summed E-state index contributed by atoms with van der Waals surface area (Å²) < 4.78 is 2.04. The molecule has 1 amide bonds. The predicted octanol–water partition coefficient (Wildman–Crippen LogP) is 2.55. The van der Waals surface area contributed by atoms with Crippen molar-refractivity contribution in [2.75, 3.05) is 38.5 Å². The quantitative estimate of drug-likeness (QED) is 0.758. The minimum atomic E-state index is -0.366. The Morgan fingerprint density at radius 3 is 2.60 bits per heavy atom. The summed E-state index contributed by atoms with van der Waals surface area (Å²) in [4.78, 5) is 36.8. The maximum absolute atomic E-state index is 12.9. The molecule has 1 aliphatic heterocycles. The first-order chi connectivity index (χ1) is 14.7. The molecule has 1 saturated carbocycles. The lowest BCUT2D eigenvalue weighted by atomic mass is 9.95. The zero-order chi connectivity index (χ0) is 20.9. The first kappa shape index (κ1) is 20.8. The van der Waals surface area contributed by atoms with Gasteiger partial charge in [0.15, 0.2) is 0 Å². The lowest BCUT2D eigenvalue weighted by molar-refractivity contribution is 0.0961. The van der Waals surface area contributed by atoms with E-state index in [0.29, 0.717) is 17.0 Å². The van der Waals surface area contributed by atoms with Crippen molar-refractivity contribution >= 4 is 22.9 Å². The van der Waals surface area contributed by atoms with Crippen LogP contribution in [0.15, 0.2) is 17.2 Å². The molecule has 1 aliphatic carbocycles. The van der Waals surface area contributed by atoms with E-state index < -0.39 is 0 Å². The zero-order valence-electron chi connectivity index (χ0n) is 17.8. The van der Waals surface area contributed by atoms with Crippen LogP contribution in [0.3, 0.4) is 0 Å². The summed E-state index contributed by atoms with van der Waals surface area (Å²) in [6.07, 6.45) is 12.7. The number of hydrogen-bond acceptors (Lipinski definition) is 6. The van der Waals surface area contributed by atoms with E-state index in [-0.39, 0.29) is 22.9 Å². The Labute approximate surface area is 177 Å². The summed E-state index contributed by atoms with van der Waals surface area (Å²) >= 11 is 0. The highest BCUT2D eigenvalue weighted by Crippen LogP contribution is 2.30. The summed E-state index contributed by atoms with van der Waals surface area (Å²) in [6.45, 7) is 4.05. The smallest absolute Gasteiger partial charge is 0.256 e. The summed E-state index contributed by atoms with van der Waals surface area (Å²) in [7, 11) is 1.54. The molecule has 162 valence electrons. The van der Waals surface area contributed by atoms with Crippen molar-refractivity contribution < 1.29 is 4.79 Å². The molecule has 1 saturated heterocycles. The van der Waals surface area contributed by atoms with Gasteiger partial charge in [-0.2, -0.15) is 4.98 Å². The first-order valence-corrected chi connectivity index (χ1v) is 11.3. The zero-order valence-corrected chi connectivity index (χ0v) is 17.8. The Kier molecular flexibility index (Phi) is 6.62. The van der Waals surface area contributed by atoms with E-state index in [1.54, 1.807) is 19.4 Å². The fourth-order valence-corrected chi connectivity index (χ4v) is 4.66. The van der Waals surface area contributed by atoms with Crippen molar-refractivity contribution in [3.05, 3.63) is 28.2 Å². The molecule has 2 aromatic rings. The lowest BCUT2D eigenvalue weighted by Gasteiger charge is -2.27. The summed E-state index contributed by atoms with van der Waals surface area (Å²) in [5.74, 6) is 0.173. The van der Waals surface area contributed by atoms with E-state index in [9.17, 15) is 9.59 Å². The molecule has 0 bridgehead atoms. The largest absolute Gasteiger partial charge is 0.355 e. The number of nitrogens with zero attached hydrogens (tertiary/aromatic N) is 4. The number of likely N-dealkylation sites (tertiary alicyclic amines) is 1. The van der Waals surface area contributed by atoms with Gasteiger partial charge in [0.25, 0.3) is 5.91 Å². The molecule has 8 heteroatoms. The number of fused-ring (bicyclic) bond motifs is 1. The fraction of sp³-hybridized carbons (Fsp3) is 0.636. The van der Waals surface area contributed by atoms with Gasteiger partial charge in [-0.15, -0.1) is 0 Å². The van der Waals surface area contributed by atoms with E-state index in [1.807, 2.05) is 4.57 Å². The topological polar surface area (TPSA) is 92.2 Å². The monoisotopic (exact) mass is 412 g/mol. The number of aromatic nitrogens is 3. The molecule has 2 aliphatic rings. The highest BCUT2D eigenvalue weighted by Gasteiger charge is 2.22. The molecule has 8 nitrogen and oxygen atoms in total. The van der Waals surface area contributed by atoms with Gasteiger partial charge in [0.2, 0.25) is 11.4 Å². The number of anilines is 1. The van der Waals surface area contributed by atoms with Crippen LogP contribution in [0, 0.1) is 0 Å². The Morgan fingerprint density at radius 1 is 1.13 bits per heavy atom. The van der Waals surface area contributed by atoms with E-state index >= 15 is 0 Å². The van der Waals surface area contributed by atoms with Crippen LogP contribution >= 0.6 is 0 Å². The number of hydrogen-bond donors (Lipinski definition) is 2. The number of carbonyl (C=O) groups excluding carboxylic acids is 1. The standard InChI is InChI=1S/C22H32N6O2/c1-23-21(30)18-15-28(16-8-4-2-5-9-16)20-17(19(18)29)14-25-22(26-20)24-10-13-27-11-6-3-7-12-27/h14-16H,2-13H2,1H3,(H,23,30)(H,24,25,26). The number of piperidine rings is 1. The van der Waals surface area contributed by atoms with Crippen LogP contribution in [0.5, 0.6) is 0 Å². The second kappa shape index (κ2) is 9.55. The first-order valence-electron chi connectivity index (χ1n) is 11.3. The summed E-state index contributed by atoms with van der Waals surface area (Å²) in [5, 5.41) is 6.31. The fourth-order valence-electron chi connectivity index (χ4n) is 4.66. The lowest BCUT2D eigenvalue weighted by Crippen LogP contribution is -2.34. The molecule has 2 aromatic heterocycles. The van der Waals surface area contributed by atoms with Crippen LogP contribution in [0.2, 0.25) is 0 Å². The molecule has 3 heterocycles. The number of amides is 1. The number of rotatable bonds is 6.